The van der Waals surface area contributed by atoms with Crippen molar-refractivity contribution in [3.8, 4) is 11.5 Å². The molecule has 1 saturated carbocycles. The summed E-state index contributed by atoms with van der Waals surface area (Å²) in [7, 11) is 5.22. The van der Waals surface area contributed by atoms with Crippen LogP contribution in [-0.4, -0.2) is 56.2 Å². The molecule has 2 N–H and O–H groups in total. The molecule has 1 aromatic rings. The van der Waals surface area contributed by atoms with Crippen molar-refractivity contribution in [3.63, 3.8) is 0 Å². The van der Waals surface area contributed by atoms with Gasteiger partial charge in [0, 0.05) is 31.7 Å². The SMILES string of the molecule is CN=C(NCc1cccc(OC)c1OC1CCCC1)N(C)CC(=O)NC(C)(C)C. The average Bonchev–Trinajstić information content (AvgIpc) is 3.14. The number of hydrogen-bond acceptors (Lipinski definition) is 4. The van der Waals surface area contributed by atoms with Crippen LogP contribution in [0.3, 0.4) is 0 Å². The highest BCUT2D eigenvalue weighted by atomic mass is 16.5. The second-order valence-corrected chi connectivity index (χ2v) is 8.53. The third-order valence-corrected chi connectivity index (χ3v) is 4.77. The number of benzene rings is 1. The Bertz CT molecular complexity index is 706. The average molecular weight is 405 g/mol. The van der Waals surface area contributed by atoms with Crippen molar-refractivity contribution in [2.75, 3.05) is 27.7 Å². The van der Waals surface area contributed by atoms with Gasteiger partial charge in [-0.25, -0.2) is 0 Å². The molecule has 1 aliphatic rings. The maximum atomic E-state index is 12.2. The standard InChI is InChI=1S/C22H36N4O3/c1-22(2,3)25-19(27)15-26(5)21(23-4)24-14-16-10-9-13-18(28-6)20(16)29-17-11-7-8-12-17/h9-10,13,17H,7-8,11-12,14-15H2,1-6H3,(H,23,24)(H,25,27). The molecule has 7 nitrogen and oxygen atoms in total. The molecule has 0 aromatic heterocycles. The fourth-order valence-corrected chi connectivity index (χ4v) is 3.47. The van der Waals surface area contributed by atoms with Gasteiger partial charge >= 0.3 is 0 Å². The van der Waals surface area contributed by atoms with Crippen LogP contribution < -0.4 is 20.1 Å². The summed E-state index contributed by atoms with van der Waals surface area (Å²) in [5.74, 6) is 2.13. The van der Waals surface area contributed by atoms with Crippen molar-refractivity contribution in [2.45, 2.75) is 64.6 Å². The maximum absolute atomic E-state index is 12.2. The smallest absolute Gasteiger partial charge is 0.240 e. The number of para-hydroxylation sites is 1. The summed E-state index contributed by atoms with van der Waals surface area (Å²) in [6.07, 6.45) is 4.83. The van der Waals surface area contributed by atoms with E-state index in [4.69, 9.17) is 9.47 Å². The van der Waals surface area contributed by atoms with Gasteiger partial charge in [-0.1, -0.05) is 12.1 Å². The normalized spacial score (nSPS) is 15.2. The van der Waals surface area contributed by atoms with E-state index < -0.39 is 0 Å². The van der Waals surface area contributed by atoms with Crippen molar-refractivity contribution < 1.29 is 14.3 Å². The van der Waals surface area contributed by atoms with E-state index in [1.54, 1.807) is 19.1 Å². The first-order valence-electron chi connectivity index (χ1n) is 10.3. The largest absolute Gasteiger partial charge is 0.493 e. The highest BCUT2D eigenvalue weighted by molar-refractivity contribution is 5.86. The van der Waals surface area contributed by atoms with E-state index in [-0.39, 0.29) is 24.1 Å². The molecule has 162 valence electrons. The molecular weight excluding hydrogens is 368 g/mol. The minimum absolute atomic E-state index is 0.0467. The predicted octanol–water partition coefficient (Wildman–Crippen LogP) is 2.94. The summed E-state index contributed by atoms with van der Waals surface area (Å²) < 4.78 is 11.8. The zero-order valence-electron chi connectivity index (χ0n) is 18.7. The van der Waals surface area contributed by atoms with Crippen LogP contribution in [0.5, 0.6) is 11.5 Å². The Morgan fingerprint density at radius 3 is 2.55 bits per heavy atom. The van der Waals surface area contributed by atoms with Crippen LogP contribution in [0.25, 0.3) is 0 Å². The molecule has 0 saturated heterocycles. The molecule has 0 aliphatic heterocycles. The van der Waals surface area contributed by atoms with Crippen molar-refractivity contribution >= 4 is 11.9 Å². The Morgan fingerprint density at radius 1 is 1.28 bits per heavy atom. The van der Waals surface area contributed by atoms with E-state index in [9.17, 15) is 4.79 Å². The van der Waals surface area contributed by atoms with Crippen LogP contribution in [0.1, 0.15) is 52.0 Å². The predicted molar refractivity (Wildman–Crippen MR) is 117 cm³/mol. The first-order chi connectivity index (χ1) is 13.7. The Labute approximate surface area is 174 Å². The summed E-state index contributed by atoms with van der Waals surface area (Å²) in [5.41, 5.74) is 0.743. The Hall–Kier alpha value is -2.44. The van der Waals surface area contributed by atoms with Crippen LogP contribution in [-0.2, 0) is 11.3 Å². The van der Waals surface area contributed by atoms with Gasteiger partial charge in [0.15, 0.2) is 17.5 Å². The molecule has 7 heteroatoms. The van der Waals surface area contributed by atoms with Gasteiger partial charge in [0.2, 0.25) is 5.91 Å². The second-order valence-electron chi connectivity index (χ2n) is 8.53. The number of ether oxygens (including phenoxy) is 2. The summed E-state index contributed by atoms with van der Waals surface area (Å²) in [5, 5.41) is 6.30. The lowest BCUT2D eigenvalue weighted by atomic mass is 10.1. The molecule has 29 heavy (non-hydrogen) atoms. The van der Waals surface area contributed by atoms with Gasteiger partial charge in [0.05, 0.1) is 19.8 Å². The zero-order chi connectivity index (χ0) is 21.4. The summed E-state index contributed by atoms with van der Waals surface area (Å²) >= 11 is 0. The highest BCUT2D eigenvalue weighted by Crippen LogP contribution is 2.34. The molecule has 2 rings (SSSR count). The Balaban J connectivity index is 2.03. The lowest BCUT2D eigenvalue weighted by Gasteiger charge is -2.26. The molecule has 1 fully saturated rings. The van der Waals surface area contributed by atoms with Crippen LogP contribution in [0, 0.1) is 0 Å². The molecule has 0 atom stereocenters. The minimum Gasteiger partial charge on any atom is -0.493 e. The van der Waals surface area contributed by atoms with Crippen molar-refractivity contribution in [1.29, 1.82) is 0 Å². The fraction of sp³-hybridized carbons (Fsp3) is 0.636. The van der Waals surface area contributed by atoms with Gasteiger partial charge in [-0.2, -0.15) is 0 Å². The lowest BCUT2D eigenvalue weighted by molar-refractivity contribution is -0.122. The van der Waals surface area contributed by atoms with Crippen LogP contribution in [0.4, 0.5) is 0 Å². The Morgan fingerprint density at radius 2 is 1.97 bits per heavy atom. The van der Waals surface area contributed by atoms with Crippen LogP contribution >= 0.6 is 0 Å². The summed E-state index contributed by atoms with van der Waals surface area (Å²) in [4.78, 5) is 18.3. The third-order valence-electron chi connectivity index (χ3n) is 4.77. The van der Waals surface area contributed by atoms with Crippen LogP contribution in [0.15, 0.2) is 23.2 Å². The summed E-state index contributed by atoms with van der Waals surface area (Å²) in [6.45, 7) is 6.64. The van der Waals surface area contributed by atoms with E-state index in [0.29, 0.717) is 12.5 Å². The molecule has 0 spiro atoms. The molecule has 0 heterocycles. The first-order valence-corrected chi connectivity index (χ1v) is 10.3. The van der Waals surface area contributed by atoms with Gasteiger partial charge in [-0.3, -0.25) is 9.79 Å². The van der Waals surface area contributed by atoms with Crippen molar-refractivity contribution in [2.24, 2.45) is 4.99 Å². The maximum Gasteiger partial charge on any atom is 0.240 e. The number of methoxy groups -OCH3 is 1. The van der Waals surface area contributed by atoms with Gasteiger partial charge in [-0.05, 0) is 52.5 Å². The van der Waals surface area contributed by atoms with Crippen molar-refractivity contribution in [1.82, 2.24) is 15.5 Å². The Kier molecular flexibility index (Phi) is 8.17. The first kappa shape index (κ1) is 22.8. The van der Waals surface area contributed by atoms with Crippen LogP contribution in [0.2, 0.25) is 0 Å². The van der Waals surface area contributed by atoms with Gasteiger partial charge in [-0.15, -0.1) is 0 Å². The van der Waals surface area contributed by atoms with E-state index in [1.165, 1.54) is 12.8 Å². The number of guanidine groups is 1. The third kappa shape index (κ3) is 7.15. The lowest BCUT2D eigenvalue weighted by Crippen LogP contribution is -2.48. The number of nitrogens with zero attached hydrogens (tertiary/aromatic N) is 2. The van der Waals surface area contributed by atoms with E-state index in [1.807, 2.05) is 46.0 Å². The number of carbonyl (C=O) groups excluding carboxylic acids is 1. The molecule has 0 unspecified atom stereocenters. The number of nitrogens with one attached hydrogen (secondary N) is 2. The number of rotatable bonds is 7. The highest BCUT2D eigenvalue weighted by Gasteiger charge is 2.21. The number of carbonyl (C=O) groups is 1. The zero-order valence-corrected chi connectivity index (χ0v) is 18.7. The van der Waals surface area contributed by atoms with Gasteiger partial charge in [0.1, 0.15) is 0 Å². The molecule has 0 radical (unpaired) electrons. The van der Waals surface area contributed by atoms with E-state index >= 15 is 0 Å². The quantitative estimate of drug-likeness (QED) is 0.540. The number of amides is 1. The number of likely N-dealkylation sites (N-methyl/N-ethyl adjacent to an activating group) is 1. The minimum atomic E-state index is -0.262. The monoisotopic (exact) mass is 404 g/mol. The van der Waals surface area contributed by atoms with E-state index in [0.717, 1.165) is 29.9 Å². The molecule has 1 amide bonds. The second kappa shape index (κ2) is 10.4. The summed E-state index contributed by atoms with van der Waals surface area (Å²) in [6, 6.07) is 5.91. The van der Waals surface area contributed by atoms with Gasteiger partial charge < -0.3 is 25.0 Å². The topological polar surface area (TPSA) is 75.2 Å². The molecule has 1 aromatic carbocycles. The molecule has 0 bridgehead atoms. The van der Waals surface area contributed by atoms with Crippen molar-refractivity contribution in [3.05, 3.63) is 23.8 Å². The van der Waals surface area contributed by atoms with E-state index in [2.05, 4.69) is 15.6 Å². The fourth-order valence-electron chi connectivity index (χ4n) is 3.47. The van der Waals surface area contributed by atoms with Gasteiger partial charge in [0.25, 0.3) is 0 Å². The molecule has 1 aliphatic carbocycles. The number of hydrogen-bond donors (Lipinski definition) is 2. The number of aliphatic imine (C=N–C) groups is 1. The molecular formula is C22H36N4O3.